The highest BCUT2D eigenvalue weighted by Crippen LogP contribution is 2.16. The van der Waals surface area contributed by atoms with E-state index in [0.717, 1.165) is 25.9 Å². The van der Waals surface area contributed by atoms with Crippen molar-refractivity contribution >= 4 is 16.8 Å². The average Bonchev–Trinajstić information content (AvgIpc) is 2.97. The highest BCUT2D eigenvalue weighted by Gasteiger charge is 2.20. The fraction of sp³-hybridized carbons (Fsp3) is 0.357. The van der Waals surface area contributed by atoms with Gasteiger partial charge in [0.25, 0.3) is 5.91 Å². The number of aryl methyl sites for hydroxylation is 1. The molecule has 6 nitrogen and oxygen atoms in total. The minimum atomic E-state index is -0.728. The van der Waals surface area contributed by atoms with Crippen LogP contribution in [-0.2, 0) is 7.05 Å². The highest BCUT2D eigenvalue weighted by molar-refractivity contribution is 5.97. The standard InChI is InChI=1S/C14H14N2O4/c1-15-11-8-9(12(17)16-6-2-3-7-16)4-5-10(11)13(18)20-14(15)19/h4-5,8H,2-3,6-7H2,1H3. The molecule has 1 aliphatic heterocycles. The Balaban J connectivity index is 2.15. The Hall–Kier alpha value is -2.37. The molecule has 0 aliphatic carbocycles. The second-order valence-corrected chi connectivity index (χ2v) is 4.95. The van der Waals surface area contributed by atoms with Crippen LogP contribution >= 0.6 is 0 Å². The van der Waals surface area contributed by atoms with Crippen LogP contribution in [-0.4, -0.2) is 28.5 Å². The predicted octanol–water partition coefficient (Wildman–Crippen LogP) is 0.728. The van der Waals surface area contributed by atoms with Gasteiger partial charge in [0.2, 0.25) is 0 Å². The molecule has 20 heavy (non-hydrogen) atoms. The van der Waals surface area contributed by atoms with Crippen molar-refractivity contribution in [1.29, 1.82) is 0 Å². The molecular weight excluding hydrogens is 260 g/mol. The number of carbonyl (C=O) groups is 1. The van der Waals surface area contributed by atoms with E-state index in [1.165, 1.54) is 17.7 Å². The Morgan fingerprint density at radius 1 is 1.20 bits per heavy atom. The predicted molar refractivity (Wildman–Crippen MR) is 72.9 cm³/mol. The van der Waals surface area contributed by atoms with E-state index >= 15 is 0 Å². The van der Waals surface area contributed by atoms with Crippen LogP contribution in [0.5, 0.6) is 0 Å². The summed E-state index contributed by atoms with van der Waals surface area (Å²) in [6, 6.07) is 4.71. The smallest absolute Gasteiger partial charge is 0.372 e. The van der Waals surface area contributed by atoms with Crippen LogP contribution in [0.1, 0.15) is 23.2 Å². The van der Waals surface area contributed by atoms with Crippen molar-refractivity contribution in [3.05, 3.63) is 44.7 Å². The third-order valence-electron chi connectivity index (χ3n) is 3.67. The van der Waals surface area contributed by atoms with E-state index in [0.29, 0.717) is 16.5 Å². The fourth-order valence-corrected chi connectivity index (χ4v) is 2.52. The third-order valence-corrected chi connectivity index (χ3v) is 3.67. The van der Waals surface area contributed by atoms with E-state index in [9.17, 15) is 14.4 Å². The molecule has 0 atom stereocenters. The molecule has 1 amide bonds. The van der Waals surface area contributed by atoms with E-state index in [4.69, 9.17) is 0 Å². The molecule has 2 heterocycles. The Morgan fingerprint density at radius 2 is 1.90 bits per heavy atom. The van der Waals surface area contributed by atoms with Crippen molar-refractivity contribution in [3.8, 4) is 0 Å². The van der Waals surface area contributed by atoms with Gasteiger partial charge in [0, 0.05) is 25.7 Å². The molecule has 2 aromatic rings. The molecule has 0 unspecified atom stereocenters. The SMILES string of the molecule is Cn1c(=O)oc(=O)c2ccc(C(=O)N3CCCC3)cc21. The van der Waals surface area contributed by atoms with Crippen LogP contribution in [0.2, 0.25) is 0 Å². The van der Waals surface area contributed by atoms with Gasteiger partial charge in [-0.25, -0.2) is 9.59 Å². The van der Waals surface area contributed by atoms with Crippen molar-refractivity contribution < 1.29 is 9.21 Å². The summed E-state index contributed by atoms with van der Waals surface area (Å²) >= 11 is 0. The summed E-state index contributed by atoms with van der Waals surface area (Å²) in [6.45, 7) is 1.51. The summed E-state index contributed by atoms with van der Waals surface area (Å²) in [5.74, 6) is -0.793. The van der Waals surface area contributed by atoms with Crippen molar-refractivity contribution in [2.45, 2.75) is 12.8 Å². The Labute approximate surface area is 114 Å². The molecule has 1 aliphatic rings. The van der Waals surface area contributed by atoms with Gasteiger partial charge in [-0.05, 0) is 31.0 Å². The highest BCUT2D eigenvalue weighted by atomic mass is 16.4. The van der Waals surface area contributed by atoms with Gasteiger partial charge >= 0.3 is 11.4 Å². The van der Waals surface area contributed by atoms with Crippen molar-refractivity contribution in [2.75, 3.05) is 13.1 Å². The lowest BCUT2D eigenvalue weighted by molar-refractivity contribution is 0.0793. The number of nitrogens with zero attached hydrogens (tertiary/aromatic N) is 2. The summed E-state index contributed by atoms with van der Waals surface area (Å²) in [5.41, 5.74) is 0.222. The van der Waals surface area contributed by atoms with Gasteiger partial charge in [-0.15, -0.1) is 0 Å². The van der Waals surface area contributed by atoms with E-state index < -0.39 is 11.4 Å². The lowest BCUT2D eigenvalue weighted by Crippen LogP contribution is -2.28. The Bertz CT molecular complexity index is 797. The summed E-state index contributed by atoms with van der Waals surface area (Å²) in [4.78, 5) is 37.2. The van der Waals surface area contributed by atoms with Gasteiger partial charge in [-0.3, -0.25) is 9.36 Å². The fourth-order valence-electron chi connectivity index (χ4n) is 2.52. The molecule has 1 aromatic heterocycles. The maximum absolute atomic E-state index is 12.3. The van der Waals surface area contributed by atoms with Gasteiger partial charge in [0.1, 0.15) is 0 Å². The van der Waals surface area contributed by atoms with Crippen molar-refractivity contribution in [1.82, 2.24) is 9.47 Å². The number of hydrogen-bond acceptors (Lipinski definition) is 4. The molecule has 0 N–H and O–H groups in total. The van der Waals surface area contributed by atoms with E-state index in [1.54, 1.807) is 17.0 Å². The van der Waals surface area contributed by atoms with Gasteiger partial charge < -0.3 is 9.32 Å². The lowest BCUT2D eigenvalue weighted by atomic mass is 10.1. The first-order valence-corrected chi connectivity index (χ1v) is 6.51. The van der Waals surface area contributed by atoms with Gasteiger partial charge in [0.05, 0.1) is 10.9 Å². The summed E-state index contributed by atoms with van der Waals surface area (Å²) < 4.78 is 5.81. The molecule has 0 bridgehead atoms. The molecular formula is C14H14N2O4. The number of aromatic nitrogens is 1. The van der Waals surface area contributed by atoms with Crippen LogP contribution in [0.3, 0.4) is 0 Å². The molecule has 6 heteroatoms. The Morgan fingerprint density at radius 3 is 2.60 bits per heavy atom. The number of rotatable bonds is 1. The zero-order valence-corrected chi connectivity index (χ0v) is 11.1. The van der Waals surface area contributed by atoms with Crippen molar-refractivity contribution in [2.24, 2.45) is 7.05 Å². The molecule has 1 fully saturated rings. The Kier molecular flexibility index (Phi) is 2.93. The second kappa shape index (κ2) is 4.63. The largest absolute Gasteiger partial charge is 0.422 e. The molecule has 104 valence electrons. The molecule has 3 rings (SSSR count). The van der Waals surface area contributed by atoms with Crippen LogP contribution in [0.25, 0.3) is 10.9 Å². The van der Waals surface area contributed by atoms with E-state index in [-0.39, 0.29) is 5.91 Å². The monoisotopic (exact) mass is 274 g/mol. The maximum Gasteiger partial charge on any atom is 0.422 e. The zero-order valence-electron chi connectivity index (χ0n) is 11.1. The minimum Gasteiger partial charge on any atom is -0.372 e. The summed E-state index contributed by atoms with van der Waals surface area (Å²) in [7, 11) is 1.51. The third kappa shape index (κ3) is 1.93. The van der Waals surface area contributed by atoms with Gasteiger partial charge in [-0.2, -0.15) is 0 Å². The van der Waals surface area contributed by atoms with Gasteiger partial charge in [0.15, 0.2) is 0 Å². The van der Waals surface area contributed by atoms with Crippen LogP contribution in [0, 0.1) is 0 Å². The summed E-state index contributed by atoms with van der Waals surface area (Å²) in [6.07, 6.45) is 2.03. The zero-order chi connectivity index (χ0) is 14.3. The van der Waals surface area contributed by atoms with Crippen LogP contribution in [0.15, 0.2) is 32.2 Å². The summed E-state index contributed by atoms with van der Waals surface area (Å²) in [5, 5.41) is 0.296. The minimum absolute atomic E-state index is 0.0647. The normalized spacial score (nSPS) is 14.9. The average molecular weight is 274 g/mol. The van der Waals surface area contributed by atoms with E-state index in [2.05, 4.69) is 4.42 Å². The molecule has 0 saturated carbocycles. The van der Waals surface area contributed by atoms with Crippen LogP contribution < -0.4 is 11.4 Å². The molecule has 1 aromatic carbocycles. The molecule has 0 spiro atoms. The first-order chi connectivity index (χ1) is 9.58. The van der Waals surface area contributed by atoms with E-state index in [1.807, 2.05) is 0 Å². The maximum atomic E-state index is 12.3. The number of amides is 1. The number of benzene rings is 1. The van der Waals surface area contributed by atoms with Crippen molar-refractivity contribution in [3.63, 3.8) is 0 Å². The van der Waals surface area contributed by atoms with Crippen LogP contribution in [0.4, 0.5) is 0 Å². The first kappa shape index (κ1) is 12.7. The first-order valence-electron chi connectivity index (χ1n) is 6.51. The second-order valence-electron chi connectivity index (χ2n) is 4.95. The number of hydrogen-bond donors (Lipinski definition) is 0. The topological polar surface area (TPSA) is 72.5 Å². The lowest BCUT2D eigenvalue weighted by Gasteiger charge is -2.15. The number of likely N-dealkylation sites (tertiary alicyclic amines) is 1. The quantitative estimate of drug-likeness (QED) is 0.768. The molecule has 1 saturated heterocycles. The molecule has 0 radical (unpaired) electrons. The number of fused-ring (bicyclic) bond motifs is 1. The number of carbonyl (C=O) groups excluding carboxylic acids is 1. The van der Waals surface area contributed by atoms with Gasteiger partial charge in [-0.1, -0.05) is 0 Å².